The molecule has 0 saturated heterocycles. The Bertz CT molecular complexity index is 1090. The van der Waals surface area contributed by atoms with E-state index in [0.29, 0.717) is 28.7 Å². The summed E-state index contributed by atoms with van der Waals surface area (Å²) in [7, 11) is 3.19. The Morgan fingerprint density at radius 1 is 1.03 bits per heavy atom. The van der Waals surface area contributed by atoms with Crippen LogP contribution in [0.4, 0.5) is 5.13 Å². The molecule has 1 amide bonds. The first kappa shape index (κ1) is 18.8. The molecule has 0 spiro atoms. The number of hydrogen-bond acceptors (Lipinski definition) is 7. The number of methoxy groups -OCH3 is 2. The van der Waals surface area contributed by atoms with Crippen molar-refractivity contribution in [2.45, 2.75) is 6.54 Å². The average Bonchev–Trinajstić information content (AvgIpc) is 3.23. The fraction of sp³-hybridized carbons (Fsp3) is 0.143. The highest BCUT2D eigenvalue weighted by molar-refractivity contribution is 7.22. The molecule has 0 bridgehead atoms. The number of fused-ring (bicyclic) bond motifs is 1. The van der Waals surface area contributed by atoms with Crippen molar-refractivity contribution in [1.82, 2.24) is 15.0 Å². The van der Waals surface area contributed by atoms with E-state index in [2.05, 4.69) is 9.97 Å². The summed E-state index contributed by atoms with van der Waals surface area (Å²) in [6.07, 6.45) is 4.49. The fourth-order valence-electron chi connectivity index (χ4n) is 2.93. The lowest BCUT2D eigenvalue weighted by Gasteiger charge is -2.19. The molecular weight excluding hydrogens is 388 g/mol. The monoisotopic (exact) mass is 406 g/mol. The van der Waals surface area contributed by atoms with Gasteiger partial charge in [0.25, 0.3) is 5.91 Å². The van der Waals surface area contributed by atoms with Gasteiger partial charge in [-0.05, 0) is 17.7 Å². The van der Waals surface area contributed by atoms with Gasteiger partial charge in [0.2, 0.25) is 0 Å². The van der Waals surface area contributed by atoms with Crippen LogP contribution in [-0.2, 0) is 6.54 Å². The zero-order valence-electron chi connectivity index (χ0n) is 15.9. The van der Waals surface area contributed by atoms with Crippen LogP contribution in [0.1, 0.15) is 16.1 Å². The Kier molecular flexibility index (Phi) is 5.35. The Morgan fingerprint density at radius 2 is 1.79 bits per heavy atom. The first-order valence-corrected chi connectivity index (χ1v) is 9.66. The van der Waals surface area contributed by atoms with Crippen molar-refractivity contribution < 1.29 is 14.3 Å². The molecule has 4 aromatic rings. The molecule has 0 aliphatic rings. The predicted octanol–water partition coefficient (Wildman–Crippen LogP) is 3.95. The smallest absolute Gasteiger partial charge is 0.280 e. The van der Waals surface area contributed by atoms with E-state index in [1.54, 1.807) is 25.2 Å². The molecule has 0 atom stereocenters. The van der Waals surface area contributed by atoms with Crippen LogP contribution in [0.15, 0.2) is 61.1 Å². The van der Waals surface area contributed by atoms with Crippen LogP contribution in [0, 0.1) is 0 Å². The van der Waals surface area contributed by atoms with Gasteiger partial charge in [-0.1, -0.05) is 41.7 Å². The maximum Gasteiger partial charge on any atom is 0.280 e. The molecule has 146 valence electrons. The van der Waals surface area contributed by atoms with Crippen LogP contribution in [0.5, 0.6) is 11.5 Å². The van der Waals surface area contributed by atoms with Gasteiger partial charge in [-0.3, -0.25) is 14.7 Å². The van der Waals surface area contributed by atoms with Crippen molar-refractivity contribution >= 4 is 32.6 Å². The molecule has 4 rings (SSSR count). The molecule has 7 nitrogen and oxygen atoms in total. The van der Waals surface area contributed by atoms with E-state index >= 15 is 0 Å². The number of anilines is 1. The van der Waals surface area contributed by atoms with Gasteiger partial charge in [0.1, 0.15) is 27.4 Å². The Morgan fingerprint density at radius 3 is 2.48 bits per heavy atom. The molecule has 0 fully saturated rings. The number of ether oxygens (including phenoxy) is 2. The van der Waals surface area contributed by atoms with Gasteiger partial charge in [-0.25, -0.2) is 9.97 Å². The molecule has 0 aliphatic heterocycles. The Balaban J connectivity index is 1.83. The highest BCUT2D eigenvalue weighted by Gasteiger charge is 2.24. The van der Waals surface area contributed by atoms with Gasteiger partial charge in [-0.2, -0.15) is 0 Å². The number of carbonyl (C=O) groups is 1. The summed E-state index contributed by atoms with van der Waals surface area (Å²) in [6, 6.07) is 13.4. The standard InChI is InChI=1S/C21H18N4O3S/c1-27-16-8-9-17(28-2)19-18(16)24-21(29-19)25(13-14-6-4-3-5-7-14)20(26)15-12-22-10-11-23-15/h3-12H,13H2,1-2H3. The van der Waals surface area contributed by atoms with Crippen molar-refractivity contribution in [3.8, 4) is 11.5 Å². The van der Waals surface area contributed by atoms with E-state index in [1.165, 1.54) is 29.9 Å². The van der Waals surface area contributed by atoms with E-state index in [4.69, 9.17) is 14.5 Å². The van der Waals surface area contributed by atoms with Crippen LogP contribution in [0.25, 0.3) is 10.2 Å². The first-order chi connectivity index (χ1) is 14.2. The van der Waals surface area contributed by atoms with Crippen molar-refractivity contribution in [1.29, 1.82) is 0 Å². The van der Waals surface area contributed by atoms with Crippen molar-refractivity contribution in [2.75, 3.05) is 19.1 Å². The summed E-state index contributed by atoms with van der Waals surface area (Å²) in [5.41, 5.74) is 1.88. The molecule has 29 heavy (non-hydrogen) atoms. The zero-order chi connectivity index (χ0) is 20.2. The minimum absolute atomic E-state index is 0.251. The lowest BCUT2D eigenvalue weighted by atomic mass is 10.2. The number of hydrogen-bond donors (Lipinski definition) is 0. The van der Waals surface area contributed by atoms with Crippen molar-refractivity contribution in [3.63, 3.8) is 0 Å². The van der Waals surface area contributed by atoms with Crippen molar-refractivity contribution in [2.24, 2.45) is 0 Å². The Hall–Kier alpha value is -3.52. The summed E-state index contributed by atoms with van der Waals surface area (Å²) in [5.74, 6) is 1.02. The average molecular weight is 406 g/mol. The minimum Gasteiger partial charge on any atom is -0.495 e. The topological polar surface area (TPSA) is 77.4 Å². The maximum atomic E-state index is 13.3. The number of thiazole rings is 1. The van der Waals surface area contributed by atoms with Crippen molar-refractivity contribution in [3.05, 3.63) is 72.3 Å². The molecule has 0 aliphatic carbocycles. The lowest BCUT2D eigenvalue weighted by Crippen LogP contribution is -2.31. The van der Waals surface area contributed by atoms with E-state index in [-0.39, 0.29) is 11.6 Å². The minimum atomic E-state index is -0.279. The second kappa shape index (κ2) is 8.24. The molecule has 8 heteroatoms. The van der Waals surface area contributed by atoms with Crippen LogP contribution in [0.3, 0.4) is 0 Å². The first-order valence-electron chi connectivity index (χ1n) is 8.84. The molecular formula is C21H18N4O3S. The summed E-state index contributed by atoms with van der Waals surface area (Å²) < 4.78 is 11.7. The SMILES string of the molecule is COc1ccc(OC)c2sc(N(Cc3ccccc3)C(=O)c3cnccn3)nc12. The van der Waals surface area contributed by atoms with Gasteiger partial charge in [0, 0.05) is 12.4 Å². The lowest BCUT2D eigenvalue weighted by molar-refractivity contribution is 0.0980. The summed E-state index contributed by atoms with van der Waals surface area (Å²) in [5, 5.41) is 0.530. The number of rotatable bonds is 6. The second-order valence-electron chi connectivity index (χ2n) is 6.11. The van der Waals surface area contributed by atoms with Crippen LogP contribution >= 0.6 is 11.3 Å². The summed E-state index contributed by atoms with van der Waals surface area (Å²) in [4.78, 5) is 27.7. The summed E-state index contributed by atoms with van der Waals surface area (Å²) in [6.45, 7) is 0.348. The fourth-order valence-corrected chi connectivity index (χ4v) is 4.00. The van der Waals surface area contributed by atoms with Gasteiger partial charge in [0.05, 0.1) is 27.0 Å². The van der Waals surface area contributed by atoms with Gasteiger partial charge >= 0.3 is 0 Å². The van der Waals surface area contributed by atoms with E-state index in [9.17, 15) is 4.79 Å². The maximum absolute atomic E-state index is 13.3. The van der Waals surface area contributed by atoms with Gasteiger partial charge < -0.3 is 9.47 Å². The largest absolute Gasteiger partial charge is 0.495 e. The Labute approximate surface area is 171 Å². The third-order valence-electron chi connectivity index (χ3n) is 4.34. The van der Waals surface area contributed by atoms with Gasteiger partial charge in [-0.15, -0.1) is 0 Å². The normalized spacial score (nSPS) is 10.7. The third-order valence-corrected chi connectivity index (χ3v) is 5.43. The van der Waals surface area contributed by atoms with Crippen LogP contribution in [0.2, 0.25) is 0 Å². The van der Waals surface area contributed by atoms with Crippen LogP contribution < -0.4 is 14.4 Å². The highest BCUT2D eigenvalue weighted by atomic mass is 32.1. The quantitative estimate of drug-likeness (QED) is 0.483. The molecule has 0 N–H and O–H groups in total. The van der Waals surface area contributed by atoms with Gasteiger partial charge in [0.15, 0.2) is 5.13 Å². The van der Waals surface area contributed by atoms with E-state index in [0.717, 1.165) is 10.3 Å². The molecule has 2 heterocycles. The molecule has 0 saturated carbocycles. The van der Waals surface area contributed by atoms with E-state index < -0.39 is 0 Å². The summed E-state index contributed by atoms with van der Waals surface area (Å²) >= 11 is 1.37. The number of nitrogens with zero attached hydrogens (tertiary/aromatic N) is 4. The molecule has 2 aromatic carbocycles. The van der Waals surface area contributed by atoms with Crippen LogP contribution in [-0.4, -0.2) is 35.1 Å². The highest BCUT2D eigenvalue weighted by Crippen LogP contribution is 2.40. The number of amides is 1. The molecule has 0 radical (unpaired) electrons. The van der Waals surface area contributed by atoms with E-state index in [1.807, 2.05) is 36.4 Å². The second-order valence-corrected chi connectivity index (χ2v) is 7.09. The third kappa shape index (κ3) is 3.74. The number of carbonyl (C=O) groups excluding carboxylic acids is 1. The predicted molar refractivity (Wildman–Crippen MR) is 112 cm³/mol. The zero-order valence-corrected chi connectivity index (χ0v) is 16.7. The molecule has 0 unspecified atom stereocenters. The molecule has 2 aromatic heterocycles. The number of benzene rings is 2. The number of aromatic nitrogens is 3.